The Morgan fingerprint density at radius 2 is 1.95 bits per heavy atom. The second-order valence-corrected chi connectivity index (χ2v) is 5.73. The van der Waals surface area contributed by atoms with Gasteiger partial charge in [-0.1, -0.05) is 69.2 Å². The fourth-order valence-electron chi connectivity index (χ4n) is 2.75. The van der Waals surface area contributed by atoms with E-state index in [1.807, 2.05) is 28.9 Å². The Kier molecular flexibility index (Phi) is 6.32. The molecular formula is C20H26NO+. The molecule has 2 rings (SSSR count). The lowest BCUT2D eigenvalue weighted by molar-refractivity contribution is -0.464. The molecule has 1 amide bonds. The van der Waals surface area contributed by atoms with Crippen LogP contribution in [-0.4, -0.2) is 16.2 Å². The van der Waals surface area contributed by atoms with Crippen LogP contribution in [0.1, 0.15) is 51.5 Å². The van der Waals surface area contributed by atoms with Crippen molar-refractivity contribution in [2.45, 2.75) is 52.5 Å². The van der Waals surface area contributed by atoms with E-state index < -0.39 is 0 Å². The smallest absolute Gasteiger partial charge is 0.219 e. The second-order valence-electron chi connectivity index (χ2n) is 5.73. The first kappa shape index (κ1) is 16.4. The van der Waals surface area contributed by atoms with Crippen LogP contribution in [0, 0.1) is 0 Å². The minimum Gasteiger partial charge on any atom is -0.219 e. The van der Waals surface area contributed by atoms with Crippen molar-refractivity contribution in [3.05, 3.63) is 59.7 Å². The summed E-state index contributed by atoms with van der Waals surface area (Å²) in [5.41, 5.74) is 3.58. The monoisotopic (exact) mass is 296 g/mol. The number of allylic oxidation sites excluding steroid dienone is 3. The molecule has 0 fully saturated rings. The summed E-state index contributed by atoms with van der Waals surface area (Å²) in [4.78, 5) is 12.4. The van der Waals surface area contributed by atoms with E-state index in [9.17, 15) is 4.79 Å². The summed E-state index contributed by atoms with van der Waals surface area (Å²) < 4.78 is 1.95. The first-order valence-corrected chi connectivity index (χ1v) is 8.33. The summed E-state index contributed by atoms with van der Waals surface area (Å²) in [6, 6.07) is 10.2. The first-order chi connectivity index (χ1) is 10.8. The quantitative estimate of drug-likeness (QED) is 0.670. The largest absolute Gasteiger partial charge is 0.391 e. The van der Waals surface area contributed by atoms with Gasteiger partial charge in [-0.25, -0.2) is 4.79 Å². The van der Waals surface area contributed by atoms with Crippen LogP contribution in [0.4, 0.5) is 0 Å². The van der Waals surface area contributed by atoms with Crippen LogP contribution in [0.5, 0.6) is 0 Å². The third kappa shape index (κ3) is 4.27. The van der Waals surface area contributed by atoms with Crippen LogP contribution >= 0.6 is 0 Å². The van der Waals surface area contributed by atoms with Gasteiger partial charge >= 0.3 is 5.91 Å². The Hall–Kier alpha value is -1.96. The number of hydrogen-bond acceptors (Lipinski definition) is 1. The van der Waals surface area contributed by atoms with E-state index in [2.05, 4.69) is 38.1 Å². The van der Waals surface area contributed by atoms with Crippen molar-refractivity contribution in [3.63, 3.8) is 0 Å². The van der Waals surface area contributed by atoms with Crippen molar-refractivity contribution in [3.8, 4) is 0 Å². The van der Waals surface area contributed by atoms with Crippen molar-refractivity contribution in [2.24, 2.45) is 0 Å². The van der Waals surface area contributed by atoms with Crippen LogP contribution in [-0.2, 0) is 11.3 Å². The molecule has 0 spiro atoms. The fourth-order valence-corrected chi connectivity index (χ4v) is 2.75. The molecule has 0 atom stereocenters. The Morgan fingerprint density at radius 1 is 1.18 bits per heavy atom. The predicted molar refractivity (Wildman–Crippen MR) is 92.1 cm³/mol. The lowest BCUT2D eigenvalue weighted by Gasteiger charge is -2.12. The number of unbranched alkanes of at least 4 members (excludes halogenated alkanes) is 1. The van der Waals surface area contributed by atoms with Crippen LogP contribution in [0.15, 0.2) is 54.1 Å². The summed E-state index contributed by atoms with van der Waals surface area (Å²) in [6.45, 7) is 5.04. The van der Waals surface area contributed by atoms with Gasteiger partial charge in [-0.3, -0.25) is 0 Å². The highest BCUT2D eigenvalue weighted by molar-refractivity contribution is 6.08. The average Bonchev–Trinajstić information content (AvgIpc) is 2.54. The Labute approximate surface area is 133 Å². The van der Waals surface area contributed by atoms with Gasteiger partial charge in [0.2, 0.25) is 5.71 Å². The van der Waals surface area contributed by atoms with Gasteiger partial charge < -0.3 is 0 Å². The van der Waals surface area contributed by atoms with Crippen molar-refractivity contribution in [2.75, 3.05) is 0 Å². The van der Waals surface area contributed by atoms with Gasteiger partial charge in [-0.15, -0.1) is 0 Å². The minimum atomic E-state index is 0.194. The Bertz CT molecular complexity index is 593. The van der Waals surface area contributed by atoms with Crippen molar-refractivity contribution < 1.29 is 9.37 Å². The van der Waals surface area contributed by atoms with Gasteiger partial charge in [0.15, 0.2) is 6.54 Å². The highest BCUT2D eigenvalue weighted by atomic mass is 16.2. The standard InChI is InChI=1S/C20H26NO/c1-3-5-13-18(10-4-2)19-14-9-15-20(22)21(19)16-17-11-7-6-8-12-17/h6-9,11-14H,3-5,10,15-16H2,1-2H3/q+1/b18-13+. The average molecular weight is 296 g/mol. The molecule has 0 aromatic heterocycles. The van der Waals surface area contributed by atoms with Gasteiger partial charge in [0, 0.05) is 17.2 Å². The topological polar surface area (TPSA) is 20.1 Å². The molecule has 1 heterocycles. The first-order valence-electron chi connectivity index (χ1n) is 8.33. The molecule has 0 N–H and O–H groups in total. The molecule has 0 saturated heterocycles. The molecule has 0 aliphatic carbocycles. The molecule has 0 bridgehead atoms. The zero-order valence-electron chi connectivity index (χ0n) is 13.7. The normalized spacial score (nSPS) is 15.5. The second kappa shape index (κ2) is 8.47. The predicted octanol–water partition coefficient (Wildman–Crippen LogP) is 4.65. The van der Waals surface area contributed by atoms with E-state index in [1.165, 1.54) is 11.1 Å². The minimum absolute atomic E-state index is 0.194. The van der Waals surface area contributed by atoms with Crippen LogP contribution < -0.4 is 0 Å². The highest BCUT2D eigenvalue weighted by Crippen LogP contribution is 2.16. The molecular weight excluding hydrogens is 270 g/mol. The van der Waals surface area contributed by atoms with Crippen molar-refractivity contribution >= 4 is 11.6 Å². The number of carbonyl (C=O) groups is 1. The molecule has 0 unspecified atom stereocenters. The molecule has 0 saturated carbocycles. The molecule has 1 aliphatic heterocycles. The van der Waals surface area contributed by atoms with Crippen LogP contribution in [0.25, 0.3) is 0 Å². The lowest BCUT2D eigenvalue weighted by Crippen LogP contribution is -2.30. The zero-order chi connectivity index (χ0) is 15.8. The summed E-state index contributed by atoms with van der Waals surface area (Å²) in [6.07, 6.45) is 11.3. The van der Waals surface area contributed by atoms with Gasteiger partial charge in [0.05, 0.1) is 6.42 Å². The maximum Gasteiger partial charge on any atom is 0.391 e. The zero-order valence-corrected chi connectivity index (χ0v) is 13.7. The molecule has 1 aromatic rings. The maximum atomic E-state index is 12.4. The number of rotatable bonds is 7. The molecule has 2 nitrogen and oxygen atoms in total. The molecule has 0 radical (unpaired) electrons. The lowest BCUT2D eigenvalue weighted by atomic mass is 10.00. The summed E-state index contributed by atoms with van der Waals surface area (Å²) in [5, 5.41) is 0. The van der Waals surface area contributed by atoms with E-state index in [0.29, 0.717) is 13.0 Å². The number of nitrogens with zero attached hydrogens (tertiary/aromatic N) is 1. The number of hydrogen-bond donors (Lipinski definition) is 0. The van der Waals surface area contributed by atoms with E-state index in [4.69, 9.17) is 0 Å². The number of carbonyl (C=O) groups excluding carboxylic acids is 1. The third-order valence-corrected chi connectivity index (χ3v) is 3.87. The van der Waals surface area contributed by atoms with Gasteiger partial charge in [-0.2, -0.15) is 4.58 Å². The fraction of sp³-hybridized carbons (Fsp3) is 0.400. The summed E-state index contributed by atoms with van der Waals surface area (Å²) in [7, 11) is 0. The highest BCUT2D eigenvalue weighted by Gasteiger charge is 2.27. The maximum absolute atomic E-state index is 12.4. The third-order valence-electron chi connectivity index (χ3n) is 3.87. The van der Waals surface area contributed by atoms with Gasteiger partial charge in [0.1, 0.15) is 0 Å². The molecule has 1 aliphatic rings. The van der Waals surface area contributed by atoms with E-state index in [0.717, 1.165) is 31.4 Å². The summed E-state index contributed by atoms with van der Waals surface area (Å²) >= 11 is 0. The molecule has 116 valence electrons. The summed E-state index contributed by atoms with van der Waals surface area (Å²) in [5.74, 6) is 0.194. The molecule has 1 aromatic carbocycles. The SMILES string of the molecule is CCC/C=C(\CCC)C1=[N+](Cc2ccccc2)C(=O)CC=C1. The molecule has 22 heavy (non-hydrogen) atoms. The van der Waals surface area contributed by atoms with Crippen molar-refractivity contribution in [1.82, 2.24) is 0 Å². The molecule has 2 heteroatoms. The Balaban J connectivity index is 2.38. The van der Waals surface area contributed by atoms with Gasteiger partial charge in [0.25, 0.3) is 0 Å². The number of amides is 1. The van der Waals surface area contributed by atoms with E-state index in [1.54, 1.807) is 0 Å². The van der Waals surface area contributed by atoms with E-state index in [-0.39, 0.29) is 5.91 Å². The van der Waals surface area contributed by atoms with Crippen molar-refractivity contribution in [1.29, 1.82) is 0 Å². The van der Waals surface area contributed by atoms with Crippen LogP contribution in [0.2, 0.25) is 0 Å². The van der Waals surface area contributed by atoms with Gasteiger partial charge in [-0.05, 0) is 12.8 Å². The number of benzene rings is 1. The van der Waals surface area contributed by atoms with E-state index >= 15 is 0 Å². The Morgan fingerprint density at radius 3 is 2.64 bits per heavy atom. The van der Waals surface area contributed by atoms with Crippen LogP contribution in [0.3, 0.4) is 0 Å².